The first kappa shape index (κ1) is 12.7. The first-order valence-electron chi connectivity index (χ1n) is 4.71. The second-order valence-corrected chi connectivity index (χ2v) is 3.42. The molecule has 0 aromatic rings. The van der Waals surface area contributed by atoms with Crippen LogP contribution in [0, 0.1) is 0 Å². The second kappa shape index (κ2) is 5.62. The van der Waals surface area contributed by atoms with Crippen molar-refractivity contribution in [1.29, 1.82) is 0 Å². The highest BCUT2D eigenvalue weighted by molar-refractivity contribution is 4.71. The van der Waals surface area contributed by atoms with Gasteiger partial charge in [-0.2, -0.15) is 4.94 Å². The highest BCUT2D eigenvalue weighted by Gasteiger charge is 2.29. The summed E-state index contributed by atoms with van der Waals surface area (Å²) < 4.78 is 50.2. The molecule has 0 aromatic heterocycles. The van der Waals surface area contributed by atoms with Crippen LogP contribution in [0.5, 0.6) is 0 Å². The molecule has 1 aliphatic heterocycles. The Balaban J connectivity index is 2.09. The molecule has 15 heavy (non-hydrogen) atoms. The fraction of sp³-hybridized carbons (Fsp3) is 1.00. The van der Waals surface area contributed by atoms with E-state index < -0.39 is 12.5 Å². The largest absolute Gasteiger partial charge is 0.522 e. The number of likely N-dealkylation sites (tertiary alicyclic amines) is 1. The Labute approximate surface area is 84.8 Å². The maximum Gasteiger partial charge on any atom is 0.522 e. The number of ether oxygens (including phenoxy) is 1. The first-order valence-corrected chi connectivity index (χ1v) is 4.71. The SMILES string of the molecule is FOC1CCN(CCOC(F)(F)F)CC1. The summed E-state index contributed by atoms with van der Waals surface area (Å²) in [7, 11) is 0. The molecule has 1 fully saturated rings. The fourth-order valence-electron chi connectivity index (χ4n) is 1.51. The maximum absolute atomic E-state index is 11.7. The third kappa shape index (κ3) is 5.29. The van der Waals surface area contributed by atoms with Crippen LogP contribution in [0.4, 0.5) is 17.7 Å². The summed E-state index contributed by atoms with van der Waals surface area (Å²) in [6, 6.07) is 0. The van der Waals surface area contributed by atoms with Gasteiger partial charge in [0.1, 0.15) is 6.10 Å². The van der Waals surface area contributed by atoms with Crippen LogP contribution in [0.15, 0.2) is 0 Å². The van der Waals surface area contributed by atoms with Crippen molar-refractivity contribution in [2.45, 2.75) is 25.3 Å². The molecule has 1 aliphatic rings. The lowest BCUT2D eigenvalue weighted by atomic mass is 10.1. The number of piperidine rings is 1. The van der Waals surface area contributed by atoms with E-state index >= 15 is 0 Å². The quantitative estimate of drug-likeness (QED) is 0.689. The van der Waals surface area contributed by atoms with Gasteiger partial charge in [0.15, 0.2) is 0 Å². The van der Waals surface area contributed by atoms with Crippen molar-refractivity contribution in [3.05, 3.63) is 0 Å². The van der Waals surface area contributed by atoms with Crippen LogP contribution in [0.25, 0.3) is 0 Å². The van der Waals surface area contributed by atoms with Crippen molar-refractivity contribution < 1.29 is 27.4 Å². The van der Waals surface area contributed by atoms with Gasteiger partial charge < -0.3 is 4.90 Å². The highest BCUT2D eigenvalue weighted by atomic mass is 19.4. The zero-order valence-electron chi connectivity index (χ0n) is 8.10. The summed E-state index contributed by atoms with van der Waals surface area (Å²) in [5.41, 5.74) is 0. The van der Waals surface area contributed by atoms with E-state index in [4.69, 9.17) is 0 Å². The molecule has 0 aromatic carbocycles. The molecule has 0 aliphatic carbocycles. The smallest absolute Gasteiger partial charge is 0.301 e. The van der Waals surface area contributed by atoms with Crippen molar-refractivity contribution in [3.63, 3.8) is 0 Å². The van der Waals surface area contributed by atoms with Gasteiger partial charge in [0, 0.05) is 19.6 Å². The standard InChI is InChI=1S/C8H13F4NO2/c9-8(10,11)14-6-5-13-3-1-7(15-12)2-4-13/h7H,1-6H2. The Morgan fingerprint density at radius 2 is 1.80 bits per heavy atom. The molecule has 0 saturated carbocycles. The van der Waals surface area contributed by atoms with Gasteiger partial charge in [-0.1, -0.05) is 0 Å². The van der Waals surface area contributed by atoms with Gasteiger partial charge in [-0.05, 0) is 17.4 Å². The molecule has 0 bridgehead atoms. The van der Waals surface area contributed by atoms with E-state index in [2.05, 4.69) is 9.68 Å². The van der Waals surface area contributed by atoms with Gasteiger partial charge >= 0.3 is 6.36 Å². The topological polar surface area (TPSA) is 21.7 Å². The van der Waals surface area contributed by atoms with Crippen molar-refractivity contribution >= 4 is 0 Å². The van der Waals surface area contributed by atoms with E-state index in [0.717, 1.165) is 0 Å². The van der Waals surface area contributed by atoms with Crippen molar-refractivity contribution in [2.75, 3.05) is 26.2 Å². The van der Waals surface area contributed by atoms with Crippen molar-refractivity contribution in [1.82, 2.24) is 4.90 Å². The summed E-state index contributed by atoms with van der Waals surface area (Å²) in [6.45, 7) is 0.898. The number of hydrogen-bond acceptors (Lipinski definition) is 3. The van der Waals surface area contributed by atoms with Crippen LogP contribution >= 0.6 is 0 Å². The molecular formula is C8H13F4NO2. The molecule has 1 saturated heterocycles. The van der Waals surface area contributed by atoms with E-state index in [0.29, 0.717) is 25.9 Å². The average Bonchev–Trinajstić information content (AvgIpc) is 2.17. The third-order valence-corrected chi connectivity index (χ3v) is 2.33. The van der Waals surface area contributed by atoms with Crippen LogP contribution in [-0.4, -0.2) is 43.6 Å². The summed E-state index contributed by atoms with van der Waals surface area (Å²) in [4.78, 5) is 5.45. The van der Waals surface area contributed by atoms with E-state index in [1.165, 1.54) is 0 Å². The predicted molar refractivity (Wildman–Crippen MR) is 43.7 cm³/mol. The monoisotopic (exact) mass is 231 g/mol. The molecule has 0 amide bonds. The first-order chi connectivity index (χ1) is 7.01. The Hall–Kier alpha value is -0.400. The van der Waals surface area contributed by atoms with Gasteiger partial charge in [0.25, 0.3) is 0 Å². The Morgan fingerprint density at radius 1 is 1.20 bits per heavy atom. The summed E-state index contributed by atoms with van der Waals surface area (Å²) in [5.74, 6) is 0. The van der Waals surface area contributed by atoms with Crippen LogP contribution in [-0.2, 0) is 9.68 Å². The molecule has 90 valence electrons. The molecule has 0 atom stereocenters. The average molecular weight is 231 g/mol. The summed E-state index contributed by atoms with van der Waals surface area (Å²) in [6.07, 6.45) is -3.98. The number of halogens is 4. The van der Waals surface area contributed by atoms with E-state index in [-0.39, 0.29) is 13.2 Å². The number of alkyl halides is 3. The molecule has 0 unspecified atom stereocenters. The zero-order valence-corrected chi connectivity index (χ0v) is 8.10. The Bertz CT molecular complexity index is 180. The van der Waals surface area contributed by atoms with Crippen LogP contribution < -0.4 is 0 Å². The molecule has 7 heteroatoms. The van der Waals surface area contributed by atoms with Crippen molar-refractivity contribution in [2.24, 2.45) is 0 Å². The molecule has 1 rings (SSSR count). The van der Waals surface area contributed by atoms with Gasteiger partial charge in [0.05, 0.1) is 6.61 Å². The molecule has 1 heterocycles. The van der Waals surface area contributed by atoms with Crippen LogP contribution in [0.2, 0.25) is 0 Å². The number of nitrogens with zero attached hydrogens (tertiary/aromatic N) is 1. The van der Waals surface area contributed by atoms with Gasteiger partial charge in [0.2, 0.25) is 0 Å². The highest BCUT2D eigenvalue weighted by Crippen LogP contribution is 2.17. The molecule has 0 radical (unpaired) electrons. The summed E-state index contributed by atoms with van der Waals surface area (Å²) >= 11 is 0. The maximum atomic E-state index is 11.7. The minimum atomic E-state index is -4.57. The number of hydrogen-bond donors (Lipinski definition) is 0. The van der Waals surface area contributed by atoms with Gasteiger partial charge in [-0.3, -0.25) is 4.74 Å². The number of rotatable bonds is 4. The fourth-order valence-corrected chi connectivity index (χ4v) is 1.51. The molecule has 0 spiro atoms. The minimum absolute atomic E-state index is 0.207. The van der Waals surface area contributed by atoms with Gasteiger partial charge in [-0.25, -0.2) is 0 Å². The molecule has 0 N–H and O–H groups in total. The van der Waals surface area contributed by atoms with Gasteiger partial charge in [-0.15, -0.1) is 13.2 Å². The van der Waals surface area contributed by atoms with E-state index in [1.807, 2.05) is 0 Å². The van der Waals surface area contributed by atoms with Crippen molar-refractivity contribution in [3.8, 4) is 0 Å². The normalized spacial score (nSPS) is 20.8. The molecular weight excluding hydrogens is 218 g/mol. The van der Waals surface area contributed by atoms with Crippen LogP contribution in [0.1, 0.15) is 12.8 Å². The predicted octanol–water partition coefficient (Wildman–Crippen LogP) is 1.89. The van der Waals surface area contributed by atoms with E-state index in [1.54, 1.807) is 4.90 Å². The second-order valence-electron chi connectivity index (χ2n) is 3.42. The molecule has 3 nitrogen and oxygen atoms in total. The lowest BCUT2D eigenvalue weighted by Crippen LogP contribution is -2.38. The lowest BCUT2D eigenvalue weighted by Gasteiger charge is -2.29. The minimum Gasteiger partial charge on any atom is -0.301 e. The summed E-state index contributed by atoms with van der Waals surface area (Å²) in [5, 5.41) is 0. The van der Waals surface area contributed by atoms with E-state index in [9.17, 15) is 17.7 Å². The Morgan fingerprint density at radius 3 is 2.27 bits per heavy atom. The Kier molecular flexibility index (Phi) is 4.75. The lowest BCUT2D eigenvalue weighted by molar-refractivity contribution is -0.325. The third-order valence-electron chi connectivity index (χ3n) is 2.33. The zero-order chi connectivity index (χ0) is 11.3. The van der Waals surface area contributed by atoms with Crippen LogP contribution in [0.3, 0.4) is 0 Å².